The fourth-order valence-electron chi connectivity index (χ4n) is 2.76. The molecule has 0 saturated heterocycles. The molecule has 0 radical (unpaired) electrons. The van der Waals surface area contributed by atoms with E-state index in [1.54, 1.807) is 13.8 Å². The Labute approximate surface area is 135 Å². The number of para-hydroxylation sites is 1. The lowest BCUT2D eigenvalue weighted by atomic mass is 9.79. The van der Waals surface area contributed by atoms with Crippen LogP contribution in [0.1, 0.15) is 51.8 Å². The number of aliphatic carboxylic acids is 1. The Hall–Kier alpha value is -2.30. The lowest BCUT2D eigenvalue weighted by molar-refractivity contribution is -0.152. The molecule has 2 N–H and O–H groups in total. The van der Waals surface area contributed by atoms with Crippen LogP contribution in [-0.2, 0) is 9.59 Å². The first-order valence-electron chi connectivity index (χ1n) is 7.93. The zero-order chi connectivity index (χ0) is 17.0. The van der Waals surface area contributed by atoms with Crippen molar-refractivity contribution in [2.75, 3.05) is 0 Å². The van der Waals surface area contributed by atoms with Crippen LogP contribution in [0.2, 0.25) is 0 Å². The Balaban J connectivity index is 2.08. The van der Waals surface area contributed by atoms with E-state index in [-0.39, 0.29) is 18.4 Å². The van der Waals surface area contributed by atoms with Crippen LogP contribution in [0.4, 0.5) is 0 Å². The van der Waals surface area contributed by atoms with Gasteiger partial charge in [-0.15, -0.1) is 0 Å². The van der Waals surface area contributed by atoms with E-state index in [4.69, 9.17) is 4.42 Å². The van der Waals surface area contributed by atoms with Crippen molar-refractivity contribution in [1.29, 1.82) is 0 Å². The summed E-state index contributed by atoms with van der Waals surface area (Å²) in [7, 11) is 0. The van der Waals surface area contributed by atoms with Crippen LogP contribution in [-0.4, -0.2) is 17.0 Å². The van der Waals surface area contributed by atoms with Crippen molar-refractivity contribution in [2.45, 2.75) is 46.1 Å². The minimum atomic E-state index is -1.00. The number of hydrogen-bond acceptors (Lipinski definition) is 3. The van der Waals surface area contributed by atoms with Gasteiger partial charge < -0.3 is 14.8 Å². The summed E-state index contributed by atoms with van der Waals surface area (Å²) in [6.07, 6.45) is 0.816. The fourth-order valence-corrected chi connectivity index (χ4v) is 2.76. The second-order valence-electron chi connectivity index (χ2n) is 5.95. The SMILES string of the molecule is CCC(CC)(CC(=O)N[C@@H](C)c1cc2ccccc2o1)C(=O)O. The van der Waals surface area contributed by atoms with E-state index in [2.05, 4.69) is 5.32 Å². The molecule has 124 valence electrons. The van der Waals surface area contributed by atoms with Crippen LogP contribution in [0.5, 0.6) is 0 Å². The van der Waals surface area contributed by atoms with Gasteiger partial charge in [0.1, 0.15) is 11.3 Å². The fraction of sp³-hybridized carbons (Fsp3) is 0.444. The van der Waals surface area contributed by atoms with E-state index in [0.717, 1.165) is 11.0 Å². The Morgan fingerprint density at radius 2 is 1.91 bits per heavy atom. The number of amides is 1. The van der Waals surface area contributed by atoms with E-state index in [1.807, 2.05) is 37.3 Å². The molecule has 2 rings (SSSR count). The summed E-state index contributed by atoms with van der Waals surface area (Å²) in [5, 5.41) is 13.2. The predicted octanol–water partition coefficient (Wildman–Crippen LogP) is 3.89. The van der Waals surface area contributed by atoms with E-state index in [0.29, 0.717) is 18.6 Å². The third-order valence-electron chi connectivity index (χ3n) is 4.56. The van der Waals surface area contributed by atoms with Crippen LogP contribution in [0.3, 0.4) is 0 Å². The van der Waals surface area contributed by atoms with Gasteiger partial charge >= 0.3 is 5.97 Å². The van der Waals surface area contributed by atoms with Crippen molar-refractivity contribution in [2.24, 2.45) is 5.41 Å². The van der Waals surface area contributed by atoms with Crippen molar-refractivity contribution in [3.63, 3.8) is 0 Å². The Bertz CT molecular complexity index is 667. The molecular weight excluding hydrogens is 294 g/mol. The van der Waals surface area contributed by atoms with Gasteiger partial charge in [-0.3, -0.25) is 9.59 Å². The third kappa shape index (κ3) is 3.55. The smallest absolute Gasteiger partial charge is 0.310 e. The van der Waals surface area contributed by atoms with Gasteiger partial charge in [-0.2, -0.15) is 0 Å². The quantitative estimate of drug-likeness (QED) is 0.812. The molecule has 0 fully saturated rings. The van der Waals surface area contributed by atoms with Crippen LogP contribution in [0.15, 0.2) is 34.7 Å². The van der Waals surface area contributed by atoms with Crippen molar-refractivity contribution >= 4 is 22.8 Å². The zero-order valence-corrected chi connectivity index (χ0v) is 13.8. The van der Waals surface area contributed by atoms with Gasteiger partial charge in [0.05, 0.1) is 11.5 Å². The average molecular weight is 317 g/mol. The molecule has 0 spiro atoms. The van der Waals surface area contributed by atoms with Gasteiger partial charge in [0.15, 0.2) is 0 Å². The molecule has 0 unspecified atom stereocenters. The van der Waals surface area contributed by atoms with Crippen molar-refractivity contribution in [1.82, 2.24) is 5.32 Å². The highest BCUT2D eigenvalue weighted by atomic mass is 16.4. The van der Waals surface area contributed by atoms with E-state index >= 15 is 0 Å². The molecule has 1 aromatic carbocycles. The summed E-state index contributed by atoms with van der Waals surface area (Å²) in [6, 6.07) is 9.22. The molecule has 5 nitrogen and oxygen atoms in total. The molecule has 1 amide bonds. The third-order valence-corrected chi connectivity index (χ3v) is 4.56. The largest absolute Gasteiger partial charge is 0.481 e. The maximum atomic E-state index is 12.3. The van der Waals surface area contributed by atoms with Crippen molar-refractivity contribution < 1.29 is 19.1 Å². The van der Waals surface area contributed by atoms with E-state index in [1.165, 1.54) is 0 Å². The summed E-state index contributed by atoms with van der Waals surface area (Å²) >= 11 is 0. The number of rotatable bonds is 7. The first-order chi connectivity index (χ1) is 10.9. The number of carboxylic acid groups (broad SMARTS) is 1. The second kappa shape index (κ2) is 6.86. The topological polar surface area (TPSA) is 79.5 Å². The molecule has 1 aromatic heterocycles. The number of carbonyl (C=O) groups excluding carboxylic acids is 1. The summed E-state index contributed by atoms with van der Waals surface area (Å²) in [6.45, 7) is 5.43. The summed E-state index contributed by atoms with van der Waals surface area (Å²) in [4.78, 5) is 23.8. The summed E-state index contributed by atoms with van der Waals surface area (Å²) in [5.74, 6) is -0.536. The van der Waals surface area contributed by atoms with Crippen LogP contribution >= 0.6 is 0 Å². The normalized spacial score (nSPS) is 13.0. The molecule has 0 saturated carbocycles. The van der Waals surface area contributed by atoms with Gasteiger partial charge in [-0.25, -0.2) is 0 Å². The second-order valence-corrected chi connectivity index (χ2v) is 5.95. The lowest BCUT2D eigenvalue weighted by Crippen LogP contribution is -2.37. The average Bonchev–Trinajstić information content (AvgIpc) is 2.96. The number of fused-ring (bicyclic) bond motifs is 1. The highest BCUT2D eigenvalue weighted by Gasteiger charge is 2.37. The number of hydrogen-bond donors (Lipinski definition) is 2. The lowest BCUT2D eigenvalue weighted by Gasteiger charge is -2.26. The van der Waals surface area contributed by atoms with Gasteiger partial charge in [0.2, 0.25) is 5.91 Å². The van der Waals surface area contributed by atoms with Crippen LogP contribution in [0.25, 0.3) is 11.0 Å². The van der Waals surface area contributed by atoms with E-state index < -0.39 is 11.4 Å². The Morgan fingerprint density at radius 1 is 1.26 bits per heavy atom. The number of furan rings is 1. The minimum Gasteiger partial charge on any atom is -0.481 e. The summed E-state index contributed by atoms with van der Waals surface area (Å²) in [5.41, 5.74) is -0.233. The van der Waals surface area contributed by atoms with Gasteiger partial charge in [0.25, 0.3) is 0 Å². The molecule has 23 heavy (non-hydrogen) atoms. The number of carboxylic acids is 1. The van der Waals surface area contributed by atoms with Gasteiger partial charge in [-0.1, -0.05) is 32.0 Å². The maximum absolute atomic E-state index is 12.3. The number of carbonyl (C=O) groups is 2. The Kier molecular flexibility index (Phi) is 5.08. The number of nitrogens with one attached hydrogen (secondary N) is 1. The molecule has 0 aliphatic carbocycles. The van der Waals surface area contributed by atoms with E-state index in [9.17, 15) is 14.7 Å². The predicted molar refractivity (Wildman–Crippen MR) is 88.0 cm³/mol. The van der Waals surface area contributed by atoms with Gasteiger partial charge in [0, 0.05) is 11.8 Å². The molecule has 1 atom stereocenters. The van der Waals surface area contributed by atoms with Crippen molar-refractivity contribution in [3.8, 4) is 0 Å². The highest BCUT2D eigenvalue weighted by molar-refractivity contribution is 5.85. The zero-order valence-electron chi connectivity index (χ0n) is 13.8. The first kappa shape index (κ1) is 17.1. The minimum absolute atomic E-state index is 0.0279. The monoisotopic (exact) mass is 317 g/mol. The molecule has 0 aliphatic heterocycles. The first-order valence-corrected chi connectivity index (χ1v) is 7.93. The standard InChI is InChI=1S/C18H23NO4/c1-4-18(5-2,17(21)22)11-16(20)19-12(3)15-10-13-8-6-7-9-14(13)23-15/h6-10,12H,4-5,11H2,1-3H3,(H,19,20)(H,21,22)/t12-/m0/s1. The van der Waals surface area contributed by atoms with Crippen LogP contribution in [0, 0.1) is 5.41 Å². The maximum Gasteiger partial charge on any atom is 0.310 e. The van der Waals surface area contributed by atoms with Crippen LogP contribution < -0.4 is 5.32 Å². The number of benzene rings is 1. The molecule has 5 heteroatoms. The molecule has 2 aromatic rings. The highest BCUT2D eigenvalue weighted by Crippen LogP contribution is 2.31. The molecule has 1 heterocycles. The van der Waals surface area contributed by atoms with Crippen molar-refractivity contribution in [3.05, 3.63) is 36.1 Å². The molecular formula is C18H23NO4. The van der Waals surface area contributed by atoms with Gasteiger partial charge in [-0.05, 0) is 31.9 Å². The summed E-state index contributed by atoms with van der Waals surface area (Å²) < 4.78 is 5.73. The Morgan fingerprint density at radius 3 is 2.48 bits per heavy atom. The molecule has 0 bridgehead atoms. The molecule has 0 aliphatic rings.